The van der Waals surface area contributed by atoms with Crippen molar-refractivity contribution in [2.45, 2.75) is 6.29 Å². The third-order valence-electron chi connectivity index (χ3n) is 2.99. The molecule has 20 heavy (non-hydrogen) atoms. The third kappa shape index (κ3) is 2.84. The fourth-order valence-corrected chi connectivity index (χ4v) is 1.97. The molecule has 0 spiro atoms. The number of hydrogen-bond donors (Lipinski definition) is 1. The van der Waals surface area contributed by atoms with Crippen molar-refractivity contribution in [1.29, 1.82) is 0 Å². The van der Waals surface area contributed by atoms with E-state index in [1.54, 1.807) is 18.3 Å². The number of carbonyl (C=O) groups excluding carboxylic acids is 1. The van der Waals surface area contributed by atoms with Crippen LogP contribution in [0.2, 0.25) is 0 Å². The van der Waals surface area contributed by atoms with E-state index in [1.165, 1.54) is 6.20 Å². The maximum atomic E-state index is 12.0. The summed E-state index contributed by atoms with van der Waals surface area (Å²) in [4.78, 5) is 15.9. The summed E-state index contributed by atoms with van der Waals surface area (Å²) in [6.07, 6.45) is 2.87. The summed E-state index contributed by atoms with van der Waals surface area (Å²) in [5.74, 6) is -0.181. The van der Waals surface area contributed by atoms with Gasteiger partial charge in [-0.1, -0.05) is 12.1 Å². The van der Waals surface area contributed by atoms with Crippen LogP contribution in [0.4, 0.5) is 5.69 Å². The topological polar surface area (TPSA) is 60.5 Å². The molecule has 1 fully saturated rings. The number of benzene rings is 1. The number of nitrogens with zero attached hydrogens (tertiary/aromatic N) is 1. The predicted octanol–water partition coefficient (Wildman–Crippen LogP) is 2.38. The van der Waals surface area contributed by atoms with Crippen LogP contribution in [0, 0.1) is 0 Å². The number of amides is 1. The van der Waals surface area contributed by atoms with Crippen LogP contribution >= 0.6 is 0 Å². The molecule has 1 aromatic heterocycles. The Morgan fingerprint density at radius 2 is 1.90 bits per heavy atom. The van der Waals surface area contributed by atoms with Crippen molar-refractivity contribution in [2.75, 3.05) is 18.5 Å². The number of hydrogen-bond acceptors (Lipinski definition) is 4. The van der Waals surface area contributed by atoms with Crippen LogP contribution in [0.1, 0.15) is 22.2 Å². The molecule has 1 saturated heterocycles. The summed E-state index contributed by atoms with van der Waals surface area (Å²) in [7, 11) is 0. The fraction of sp³-hybridized carbons (Fsp3) is 0.200. The molecule has 2 heterocycles. The van der Waals surface area contributed by atoms with Crippen molar-refractivity contribution in [3.8, 4) is 0 Å². The van der Waals surface area contributed by atoms with Gasteiger partial charge in [0.2, 0.25) is 0 Å². The van der Waals surface area contributed by atoms with Gasteiger partial charge in [0.05, 0.1) is 18.8 Å². The van der Waals surface area contributed by atoms with Gasteiger partial charge in [0.15, 0.2) is 6.29 Å². The molecule has 0 aliphatic carbocycles. The maximum absolute atomic E-state index is 12.0. The lowest BCUT2D eigenvalue weighted by atomic mass is 10.2. The molecule has 1 N–H and O–H groups in total. The summed E-state index contributed by atoms with van der Waals surface area (Å²) in [5.41, 5.74) is 2.20. The molecule has 0 atom stereocenters. The van der Waals surface area contributed by atoms with Gasteiger partial charge in [-0.05, 0) is 24.3 Å². The zero-order valence-electron chi connectivity index (χ0n) is 10.8. The van der Waals surface area contributed by atoms with Crippen LogP contribution in [-0.4, -0.2) is 24.1 Å². The standard InChI is InChI=1S/C15H14N2O3/c18-14(12-2-1-7-16-10-12)17-13-5-3-11(4-6-13)15-19-8-9-20-15/h1-7,10,15H,8-9H2,(H,17,18). The van der Waals surface area contributed by atoms with Crippen molar-refractivity contribution < 1.29 is 14.3 Å². The molecule has 1 aliphatic heterocycles. The lowest BCUT2D eigenvalue weighted by Gasteiger charge is -2.10. The molecule has 0 bridgehead atoms. The van der Waals surface area contributed by atoms with Crippen LogP contribution < -0.4 is 5.32 Å². The van der Waals surface area contributed by atoms with Gasteiger partial charge in [0.25, 0.3) is 5.91 Å². The third-order valence-corrected chi connectivity index (χ3v) is 2.99. The first kappa shape index (κ1) is 12.8. The Kier molecular flexibility index (Phi) is 3.71. The lowest BCUT2D eigenvalue weighted by Crippen LogP contribution is -2.12. The lowest BCUT2D eigenvalue weighted by molar-refractivity contribution is -0.0441. The monoisotopic (exact) mass is 270 g/mol. The molecule has 1 amide bonds. The van der Waals surface area contributed by atoms with E-state index >= 15 is 0 Å². The Bertz CT molecular complexity index is 578. The normalized spacial score (nSPS) is 15.2. The Hall–Kier alpha value is -2.24. The van der Waals surface area contributed by atoms with Crippen molar-refractivity contribution in [2.24, 2.45) is 0 Å². The number of pyridine rings is 1. The zero-order chi connectivity index (χ0) is 13.8. The van der Waals surface area contributed by atoms with Gasteiger partial charge >= 0.3 is 0 Å². The minimum absolute atomic E-state index is 0.181. The fourth-order valence-electron chi connectivity index (χ4n) is 1.97. The second kappa shape index (κ2) is 5.81. The number of nitrogens with one attached hydrogen (secondary N) is 1. The molecule has 3 rings (SSSR count). The highest BCUT2D eigenvalue weighted by atomic mass is 16.7. The second-order valence-corrected chi connectivity index (χ2v) is 4.39. The van der Waals surface area contributed by atoms with E-state index in [-0.39, 0.29) is 12.2 Å². The Morgan fingerprint density at radius 1 is 1.15 bits per heavy atom. The van der Waals surface area contributed by atoms with Crippen LogP contribution in [0.15, 0.2) is 48.8 Å². The van der Waals surface area contributed by atoms with Crippen molar-refractivity contribution in [3.05, 3.63) is 59.9 Å². The van der Waals surface area contributed by atoms with Gasteiger partial charge < -0.3 is 14.8 Å². The average molecular weight is 270 g/mol. The van der Waals surface area contributed by atoms with Gasteiger partial charge in [-0.2, -0.15) is 0 Å². The first-order valence-electron chi connectivity index (χ1n) is 6.37. The van der Waals surface area contributed by atoms with E-state index in [4.69, 9.17) is 9.47 Å². The predicted molar refractivity (Wildman–Crippen MR) is 73.3 cm³/mol. The SMILES string of the molecule is O=C(Nc1ccc(C2OCCO2)cc1)c1cccnc1. The van der Waals surface area contributed by atoms with Crippen molar-refractivity contribution >= 4 is 11.6 Å². The van der Waals surface area contributed by atoms with Crippen molar-refractivity contribution in [3.63, 3.8) is 0 Å². The quantitative estimate of drug-likeness (QED) is 0.930. The van der Waals surface area contributed by atoms with Crippen molar-refractivity contribution in [1.82, 2.24) is 4.98 Å². The van der Waals surface area contributed by atoms with E-state index in [0.717, 1.165) is 11.3 Å². The van der Waals surface area contributed by atoms with E-state index in [2.05, 4.69) is 10.3 Å². The molecule has 2 aromatic rings. The highest BCUT2D eigenvalue weighted by Gasteiger charge is 2.17. The minimum Gasteiger partial charge on any atom is -0.346 e. The van der Waals surface area contributed by atoms with E-state index < -0.39 is 0 Å². The molecule has 5 nitrogen and oxygen atoms in total. The van der Waals surface area contributed by atoms with Gasteiger partial charge in [-0.15, -0.1) is 0 Å². The van der Waals surface area contributed by atoms with Crippen LogP contribution in [-0.2, 0) is 9.47 Å². The van der Waals surface area contributed by atoms with Gasteiger partial charge in [-0.3, -0.25) is 9.78 Å². The van der Waals surface area contributed by atoms with Gasteiger partial charge in [-0.25, -0.2) is 0 Å². The molecular formula is C15H14N2O3. The summed E-state index contributed by atoms with van der Waals surface area (Å²) >= 11 is 0. The molecule has 1 aromatic carbocycles. The Labute approximate surface area is 116 Å². The highest BCUT2D eigenvalue weighted by molar-refractivity contribution is 6.03. The Morgan fingerprint density at radius 3 is 2.55 bits per heavy atom. The second-order valence-electron chi connectivity index (χ2n) is 4.39. The molecular weight excluding hydrogens is 256 g/mol. The average Bonchev–Trinajstić information content (AvgIpc) is 3.03. The van der Waals surface area contributed by atoms with Crippen LogP contribution in [0.3, 0.4) is 0 Å². The van der Waals surface area contributed by atoms with E-state index in [1.807, 2.05) is 24.3 Å². The summed E-state index contributed by atoms with van der Waals surface area (Å²) in [6, 6.07) is 10.9. The number of rotatable bonds is 3. The Balaban J connectivity index is 1.67. The molecule has 0 radical (unpaired) electrons. The highest BCUT2D eigenvalue weighted by Crippen LogP contribution is 2.24. The number of ether oxygens (including phenoxy) is 2. The summed E-state index contributed by atoms with van der Waals surface area (Å²) in [5, 5.41) is 2.82. The minimum atomic E-state index is -0.293. The van der Waals surface area contributed by atoms with E-state index in [0.29, 0.717) is 18.8 Å². The molecule has 0 saturated carbocycles. The van der Waals surface area contributed by atoms with Crippen LogP contribution in [0.25, 0.3) is 0 Å². The van der Waals surface area contributed by atoms with E-state index in [9.17, 15) is 4.79 Å². The molecule has 5 heteroatoms. The van der Waals surface area contributed by atoms with Gasteiger partial charge in [0, 0.05) is 23.6 Å². The largest absolute Gasteiger partial charge is 0.346 e. The zero-order valence-corrected chi connectivity index (χ0v) is 10.8. The summed E-state index contributed by atoms with van der Waals surface area (Å²) in [6.45, 7) is 1.23. The molecule has 1 aliphatic rings. The molecule has 102 valence electrons. The summed E-state index contributed by atoms with van der Waals surface area (Å²) < 4.78 is 10.8. The molecule has 0 unspecified atom stereocenters. The maximum Gasteiger partial charge on any atom is 0.257 e. The smallest absolute Gasteiger partial charge is 0.257 e. The first-order valence-corrected chi connectivity index (χ1v) is 6.37. The number of aromatic nitrogens is 1. The van der Waals surface area contributed by atoms with Gasteiger partial charge in [0.1, 0.15) is 0 Å². The van der Waals surface area contributed by atoms with Crippen LogP contribution in [0.5, 0.6) is 0 Å². The number of anilines is 1. The first-order chi connectivity index (χ1) is 9.83. The number of carbonyl (C=O) groups is 1.